The zero-order chi connectivity index (χ0) is 28.8. The van der Waals surface area contributed by atoms with E-state index in [9.17, 15) is 14.7 Å². The van der Waals surface area contributed by atoms with Gasteiger partial charge in [0.05, 0.1) is 19.3 Å². The number of hydrogen-bond acceptors (Lipinski definition) is 6. The van der Waals surface area contributed by atoms with Crippen molar-refractivity contribution >= 4 is 17.6 Å². The predicted molar refractivity (Wildman–Crippen MR) is 159 cm³/mol. The molecule has 6 nitrogen and oxygen atoms in total. The van der Waals surface area contributed by atoms with Gasteiger partial charge in [0.1, 0.15) is 11.6 Å². The third kappa shape index (κ3) is 5.70. The lowest BCUT2D eigenvalue weighted by Crippen LogP contribution is -2.44. The molecule has 0 saturated heterocycles. The number of ketones is 1. The highest BCUT2D eigenvalue weighted by Gasteiger charge is 2.57. The van der Waals surface area contributed by atoms with Crippen molar-refractivity contribution < 1.29 is 19.4 Å². The average Bonchev–Trinajstić information content (AvgIpc) is 3.34. The van der Waals surface area contributed by atoms with Gasteiger partial charge in [0, 0.05) is 18.5 Å². The van der Waals surface area contributed by atoms with Gasteiger partial charge in [0.25, 0.3) is 0 Å². The van der Waals surface area contributed by atoms with Crippen LogP contribution in [0.15, 0.2) is 114 Å². The van der Waals surface area contributed by atoms with Crippen LogP contribution in [0.5, 0.6) is 0 Å². The van der Waals surface area contributed by atoms with Gasteiger partial charge in [0.15, 0.2) is 0 Å². The molecule has 1 aliphatic rings. The first-order chi connectivity index (χ1) is 20.0. The number of aliphatic imine (C=N–C) groups is 1. The van der Waals surface area contributed by atoms with Crippen molar-refractivity contribution in [3.05, 3.63) is 143 Å². The summed E-state index contributed by atoms with van der Waals surface area (Å²) in [4.78, 5) is 33.5. The Bertz CT molecular complexity index is 1520. The molecule has 6 heteroatoms. The van der Waals surface area contributed by atoms with Gasteiger partial charge in [-0.25, -0.2) is 9.79 Å². The minimum Gasteiger partial charge on any atom is -0.464 e. The standard InChI is InChI=1S/C35H34N2O4/c1-3-41-34(40)35(31-12-8-5-9-13-31)32(29-18-14-26(15-19-29)22-25(2)39)37(23-27-10-6-4-7-11-27)33(36-35)30-20-16-28(24-38)17-21-30/h4-21,32,38H,3,22-24H2,1-2H3/t32-,35-/m1/s1. The summed E-state index contributed by atoms with van der Waals surface area (Å²) >= 11 is 0. The molecule has 1 aliphatic heterocycles. The number of rotatable bonds is 10. The molecule has 5 rings (SSSR count). The molecular formula is C35H34N2O4. The minimum absolute atomic E-state index is 0.0630. The van der Waals surface area contributed by atoms with Crippen molar-refractivity contribution in [3.63, 3.8) is 0 Å². The number of esters is 1. The van der Waals surface area contributed by atoms with E-state index in [-0.39, 0.29) is 19.0 Å². The van der Waals surface area contributed by atoms with E-state index in [0.29, 0.717) is 18.8 Å². The monoisotopic (exact) mass is 546 g/mol. The Kier molecular flexibility index (Phi) is 8.41. The first-order valence-corrected chi connectivity index (χ1v) is 13.9. The average molecular weight is 547 g/mol. The van der Waals surface area contributed by atoms with Crippen molar-refractivity contribution in [1.82, 2.24) is 4.90 Å². The maximum Gasteiger partial charge on any atom is 0.341 e. The van der Waals surface area contributed by atoms with Crippen molar-refractivity contribution in [2.24, 2.45) is 4.99 Å². The van der Waals surface area contributed by atoms with Crippen molar-refractivity contribution in [3.8, 4) is 0 Å². The second-order valence-electron chi connectivity index (χ2n) is 10.3. The summed E-state index contributed by atoms with van der Waals surface area (Å²) in [5.74, 6) is 0.323. The molecule has 41 heavy (non-hydrogen) atoms. The smallest absolute Gasteiger partial charge is 0.341 e. The second kappa shape index (κ2) is 12.3. The molecule has 0 bridgehead atoms. The summed E-state index contributed by atoms with van der Waals surface area (Å²) < 4.78 is 5.78. The van der Waals surface area contributed by atoms with E-state index in [1.807, 2.05) is 97.1 Å². The van der Waals surface area contributed by atoms with Crippen molar-refractivity contribution in [1.29, 1.82) is 0 Å². The maximum absolute atomic E-state index is 14.2. The summed E-state index contributed by atoms with van der Waals surface area (Å²) in [5, 5.41) is 9.65. The number of carbonyl (C=O) groups excluding carboxylic acids is 2. The van der Waals surface area contributed by atoms with Crippen molar-refractivity contribution in [2.75, 3.05) is 6.61 Å². The Labute approximate surface area is 240 Å². The summed E-state index contributed by atoms with van der Waals surface area (Å²) in [7, 11) is 0. The number of ether oxygens (including phenoxy) is 1. The number of hydrogen-bond donors (Lipinski definition) is 1. The van der Waals surface area contributed by atoms with Crippen LogP contribution < -0.4 is 0 Å². The fraction of sp³-hybridized carbons (Fsp3) is 0.229. The number of nitrogens with zero attached hydrogens (tertiary/aromatic N) is 2. The molecule has 2 atom stereocenters. The number of carbonyl (C=O) groups is 2. The van der Waals surface area contributed by atoms with Gasteiger partial charge in [-0.15, -0.1) is 0 Å². The molecule has 1 N–H and O–H groups in total. The molecule has 0 aliphatic carbocycles. The Morgan fingerprint density at radius 3 is 2.02 bits per heavy atom. The zero-order valence-electron chi connectivity index (χ0n) is 23.4. The first kappa shape index (κ1) is 28.0. The van der Waals surface area contributed by atoms with E-state index in [0.717, 1.165) is 33.4 Å². The van der Waals surface area contributed by atoms with E-state index >= 15 is 0 Å². The highest BCUT2D eigenvalue weighted by molar-refractivity contribution is 6.04. The topological polar surface area (TPSA) is 79.2 Å². The van der Waals surface area contributed by atoms with Crippen LogP contribution in [0.1, 0.15) is 53.3 Å². The number of benzene rings is 4. The normalized spacial score (nSPS) is 18.2. The molecule has 0 amide bonds. The van der Waals surface area contributed by atoms with Crippen LogP contribution in [0.4, 0.5) is 0 Å². The Morgan fingerprint density at radius 2 is 1.44 bits per heavy atom. The third-order valence-electron chi connectivity index (χ3n) is 7.40. The Balaban J connectivity index is 1.76. The molecular weight excluding hydrogens is 512 g/mol. The van der Waals surface area contributed by atoms with Gasteiger partial charge in [-0.1, -0.05) is 109 Å². The Hall–Kier alpha value is -4.55. The summed E-state index contributed by atoms with van der Waals surface area (Å²) in [6, 6.07) is 34.7. The molecule has 0 spiro atoms. The van der Waals surface area contributed by atoms with E-state index in [1.165, 1.54) is 0 Å². The number of amidine groups is 1. The van der Waals surface area contributed by atoms with Crippen LogP contribution in [0.2, 0.25) is 0 Å². The summed E-state index contributed by atoms with van der Waals surface area (Å²) in [5.41, 5.74) is 3.83. The number of aliphatic hydroxyl groups is 1. The number of Topliss-reactive ketones (excluding diaryl/α,β-unsaturated/α-hetero) is 1. The molecule has 4 aromatic carbocycles. The van der Waals surface area contributed by atoms with Gasteiger partial charge in [-0.2, -0.15) is 0 Å². The lowest BCUT2D eigenvalue weighted by molar-refractivity contribution is -0.151. The molecule has 0 unspecified atom stereocenters. The van der Waals surface area contributed by atoms with Crippen LogP contribution in [0.25, 0.3) is 0 Å². The van der Waals surface area contributed by atoms with Gasteiger partial charge >= 0.3 is 5.97 Å². The summed E-state index contributed by atoms with van der Waals surface area (Å²) in [6.07, 6.45) is 0.347. The molecule has 4 aromatic rings. The zero-order valence-corrected chi connectivity index (χ0v) is 23.4. The molecule has 0 aromatic heterocycles. The van der Waals surface area contributed by atoms with Gasteiger partial charge in [0.2, 0.25) is 5.54 Å². The maximum atomic E-state index is 14.2. The van der Waals surface area contributed by atoms with Crippen LogP contribution in [-0.4, -0.2) is 34.2 Å². The van der Waals surface area contributed by atoms with Crippen LogP contribution in [0.3, 0.4) is 0 Å². The number of aliphatic hydroxyl groups excluding tert-OH is 1. The van der Waals surface area contributed by atoms with E-state index in [1.54, 1.807) is 13.8 Å². The second-order valence-corrected chi connectivity index (χ2v) is 10.3. The SMILES string of the molecule is CCOC(=O)[C@]1(c2ccccc2)N=C(c2ccc(CO)cc2)N(Cc2ccccc2)[C@@H]1c1ccc(CC(C)=O)cc1. The highest BCUT2D eigenvalue weighted by Crippen LogP contribution is 2.50. The fourth-order valence-corrected chi connectivity index (χ4v) is 5.53. The minimum atomic E-state index is -1.39. The van der Waals surface area contributed by atoms with Crippen LogP contribution in [-0.2, 0) is 39.4 Å². The van der Waals surface area contributed by atoms with E-state index in [2.05, 4.69) is 17.0 Å². The lowest BCUT2D eigenvalue weighted by atomic mass is 9.79. The molecule has 1 heterocycles. The van der Waals surface area contributed by atoms with Crippen LogP contribution >= 0.6 is 0 Å². The highest BCUT2D eigenvalue weighted by atomic mass is 16.5. The predicted octanol–water partition coefficient (Wildman–Crippen LogP) is 5.77. The molecule has 0 fully saturated rings. The van der Waals surface area contributed by atoms with Gasteiger partial charge in [-0.3, -0.25) is 4.79 Å². The molecule has 0 saturated carbocycles. The van der Waals surface area contributed by atoms with Crippen LogP contribution in [0, 0.1) is 0 Å². The van der Waals surface area contributed by atoms with Gasteiger partial charge < -0.3 is 14.7 Å². The quantitative estimate of drug-likeness (QED) is 0.256. The molecule has 0 radical (unpaired) electrons. The fourth-order valence-electron chi connectivity index (χ4n) is 5.53. The van der Waals surface area contributed by atoms with Gasteiger partial charge in [-0.05, 0) is 41.7 Å². The van der Waals surface area contributed by atoms with Crippen molar-refractivity contribution in [2.45, 2.75) is 45.0 Å². The Morgan fingerprint density at radius 1 is 0.829 bits per heavy atom. The van der Waals surface area contributed by atoms with E-state index in [4.69, 9.17) is 9.73 Å². The van der Waals surface area contributed by atoms with E-state index < -0.39 is 17.6 Å². The summed E-state index contributed by atoms with van der Waals surface area (Å²) in [6.45, 7) is 4.03. The largest absolute Gasteiger partial charge is 0.464 e. The molecule has 208 valence electrons. The third-order valence-corrected chi connectivity index (χ3v) is 7.40. The lowest BCUT2D eigenvalue weighted by Gasteiger charge is -2.37. The first-order valence-electron chi connectivity index (χ1n) is 13.9.